The number of allylic oxidation sites excluding steroid dienone is 1. The highest BCUT2D eigenvalue weighted by atomic mass is 16.5. The Bertz CT molecular complexity index is 293. The van der Waals surface area contributed by atoms with Crippen LogP contribution in [0.2, 0.25) is 0 Å². The number of nitrogens with one attached hydrogen (secondary N) is 1. The summed E-state index contributed by atoms with van der Waals surface area (Å²) in [5.74, 6) is 0.753. The van der Waals surface area contributed by atoms with E-state index < -0.39 is 5.97 Å². The van der Waals surface area contributed by atoms with Gasteiger partial charge < -0.3 is 4.74 Å². The SMILES string of the molecule is CCOC(=O)C(=N)C1=CCC2CC12. The molecule has 1 N–H and O–H groups in total. The molecule has 2 unspecified atom stereocenters. The Morgan fingerprint density at radius 2 is 2.54 bits per heavy atom. The number of carbonyl (C=O) groups excluding carboxylic acids is 1. The lowest BCUT2D eigenvalue weighted by Gasteiger charge is -2.04. The molecular formula is C10H13NO2. The smallest absolute Gasteiger partial charge is 0.356 e. The fourth-order valence-corrected chi connectivity index (χ4v) is 1.93. The van der Waals surface area contributed by atoms with E-state index in [4.69, 9.17) is 10.1 Å². The fourth-order valence-electron chi connectivity index (χ4n) is 1.93. The van der Waals surface area contributed by atoms with Crippen LogP contribution in [-0.2, 0) is 9.53 Å². The number of carbonyl (C=O) groups is 1. The minimum Gasteiger partial charge on any atom is -0.461 e. The van der Waals surface area contributed by atoms with Gasteiger partial charge in [0.1, 0.15) is 5.71 Å². The predicted molar refractivity (Wildman–Crippen MR) is 48.7 cm³/mol. The highest BCUT2D eigenvalue weighted by Crippen LogP contribution is 2.52. The van der Waals surface area contributed by atoms with Gasteiger partial charge in [0.25, 0.3) is 0 Å². The van der Waals surface area contributed by atoms with Gasteiger partial charge in [-0.15, -0.1) is 0 Å². The summed E-state index contributed by atoms with van der Waals surface area (Å²) >= 11 is 0. The van der Waals surface area contributed by atoms with Crippen molar-refractivity contribution in [3.05, 3.63) is 11.6 Å². The second-order valence-corrected chi connectivity index (χ2v) is 3.59. The molecule has 2 atom stereocenters. The normalized spacial score (nSPS) is 29.2. The maximum Gasteiger partial charge on any atom is 0.356 e. The van der Waals surface area contributed by atoms with Gasteiger partial charge in [-0.05, 0) is 37.2 Å². The van der Waals surface area contributed by atoms with E-state index in [1.807, 2.05) is 6.08 Å². The lowest BCUT2D eigenvalue weighted by Crippen LogP contribution is -2.19. The largest absolute Gasteiger partial charge is 0.461 e. The Labute approximate surface area is 77.3 Å². The van der Waals surface area contributed by atoms with Gasteiger partial charge in [0, 0.05) is 0 Å². The second-order valence-electron chi connectivity index (χ2n) is 3.59. The molecule has 0 aliphatic heterocycles. The third-order valence-electron chi connectivity index (χ3n) is 2.73. The van der Waals surface area contributed by atoms with Crippen LogP contribution >= 0.6 is 0 Å². The monoisotopic (exact) mass is 179 g/mol. The lowest BCUT2D eigenvalue weighted by molar-refractivity contribution is -0.135. The maximum absolute atomic E-state index is 11.2. The lowest BCUT2D eigenvalue weighted by atomic mass is 10.1. The topological polar surface area (TPSA) is 50.2 Å². The van der Waals surface area contributed by atoms with E-state index in [2.05, 4.69) is 0 Å². The van der Waals surface area contributed by atoms with Crippen molar-refractivity contribution in [3.63, 3.8) is 0 Å². The van der Waals surface area contributed by atoms with E-state index in [9.17, 15) is 4.79 Å². The van der Waals surface area contributed by atoms with Gasteiger partial charge in [-0.25, -0.2) is 4.79 Å². The molecule has 0 aromatic rings. The van der Waals surface area contributed by atoms with E-state index >= 15 is 0 Å². The first-order valence-electron chi connectivity index (χ1n) is 4.70. The minimum atomic E-state index is -0.471. The summed E-state index contributed by atoms with van der Waals surface area (Å²) in [6.07, 6.45) is 4.22. The van der Waals surface area contributed by atoms with Gasteiger partial charge in [-0.3, -0.25) is 5.41 Å². The Morgan fingerprint density at radius 1 is 1.77 bits per heavy atom. The predicted octanol–water partition coefficient (Wildman–Crippen LogP) is 1.54. The average molecular weight is 179 g/mol. The first kappa shape index (κ1) is 8.48. The van der Waals surface area contributed by atoms with Crippen LogP contribution in [0.3, 0.4) is 0 Å². The van der Waals surface area contributed by atoms with Crippen molar-refractivity contribution in [3.8, 4) is 0 Å². The third kappa shape index (κ3) is 1.39. The highest BCUT2D eigenvalue weighted by molar-refractivity contribution is 6.42. The molecule has 70 valence electrons. The summed E-state index contributed by atoms with van der Waals surface area (Å²) in [7, 11) is 0. The van der Waals surface area contributed by atoms with Crippen LogP contribution in [0.5, 0.6) is 0 Å². The molecule has 2 aliphatic carbocycles. The van der Waals surface area contributed by atoms with E-state index in [0.29, 0.717) is 12.5 Å². The fraction of sp³-hybridized carbons (Fsp3) is 0.600. The number of esters is 1. The minimum absolute atomic E-state index is 0.0758. The van der Waals surface area contributed by atoms with Crippen molar-refractivity contribution in [1.82, 2.24) is 0 Å². The molecule has 3 heteroatoms. The van der Waals surface area contributed by atoms with Gasteiger partial charge in [-0.2, -0.15) is 0 Å². The number of fused-ring (bicyclic) bond motifs is 1. The van der Waals surface area contributed by atoms with Crippen LogP contribution in [0.25, 0.3) is 0 Å². The second kappa shape index (κ2) is 2.98. The Balaban J connectivity index is 2.00. The molecular weight excluding hydrogens is 166 g/mol. The zero-order valence-corrected chi connectivity index (χ0v) is 7.67. The van der Waals surface area contributed by atoms with Crippen LogP contribution in [-0.4, -0.2) is 18.3 Å². The Hall–Kier alpha value is -1.12. The molecule has 2 rings (SSSR count). The van der Waals surface area contributed by atoms with Crippen molar-refractivity contribution >= 4 is 11.7 Å². The summed E-state index contributed by atoms with van der Waals surface area (Å²) in [5.41, 5.74) is 0.996. The van der Waals surface area contributed by atoms with E-state index in [-0.39, 0.29) is 5.71 Å². The number of ether oxygens (including phenoxy) is 1. The molecule has 0 aromatic carbocycles. The van der Waals surface area contributed by atoms with Crippen molar-refractivity contribution < 1.29 is 9.53 Å². The molecule has 1 saturated carbocycles. The average Bonchev–Trinajstić information content (AvgIpc) is 2.78. The van der Waals surface area contributed by atoms with Crippen LogP contribution in [0.15, 0.2) is 11.6 Å². The van der Waals surface area contributed by atoms with Gasteiger partial charge >= 0.3 is 5.97 Å². The summed E-state index contributed by atoms with van der Waals surface area (Å²) in [4.78, 5) is 11.2. The molecule has 0 spiro atoms. The molecule has 2 aliphatic rings. The van der Waals surface area contributed by atoms with Gasteiger partial charge in [0.15, 0.2) is 0 Å². The van der Waals surface area contributed by atoms with Crippen LogP contribution in [0.4, 0.5) is 0 Å². The number of hydrogen-bond donors (Lipinski definition) is 1. The molecule has 1 fully saturated rings. The first-order valence-corrected chi connectivity index (χ1v) is 4.70. The third-order valence-corrected chi connectivity index (χ3v) is 2.73. The summed E-state index contributed by atoms with van der Waals surface area (Å²) in [6, 6.07) is 0. The Kier molecular flexibility index (Phi) is 1.94. The summed E-state index contributed by atoms with van der Waals surface area (Å²) in [6.45, 7) is 2.11. The van der Waals surface area contributed by atoms with Crippen molar-refractivity contribution in [1.29, 1.82) is 5.41 Å². The molecule has 0 aromatic heterocycles. The first-order chi connectivity index (χ1) is 6.24. The molecule has 0 saturated heterocycles. The maximum atomic E-state index is 11.2. The van der Waals surface area contributed by atoms with Crippen molar-refractivity contribution in [2.45, 2.75) is 19.8 Å². The quantitative estimate of drug-likeness (QED) is 0.527. The molecule has 13 heavy (non-hydrogen) atoms. The van der Waals surface area contributed by atoms with Crippen LogP contribution < -0.4 is 0 Å². The van der Waals surface area contributed by atoms with Crippen LogP contribution in [0, 0.1) is 17.2 Å². The molecule has 0 radical (unpaired) electrons. The van der Waals surface area contributed by atoms with Crippen LogP contribution in [0.1, 0.15) is 19.8 Å². The van der Waals surface area contributed by atoms with Crippen molar-refractivity contribution in [2.75, 3.05) is 6.61 Å². The van der Waals surface area contributed by atoms with Gasteiger partial charge in [-0.1, -0.05) is 6.08 Å². The number of rotatable bonds is 3. The zero-order valence-electron chi connectivity index (χ0n) is 7.67. The highest BCUT2D eigenvalue weighted by Gasteiger charge is 2.45. The van der Waals surface area contributed by atoms with Gasteiger partial charge in [0.05, 0.1) is 6.61 Å². The molecule has 0 bridgehead atoms. The van der Waals surface area contributed by atoms with E-state index in [1.165, 1.54) is 0 Å². The summed E-state index contributed by atoms with van der Waals surface area (Å²) in [5, 5.41) is 7.61. The zero-order chi connectivity index (χ0) is 9.42. The standard InChI is InChI=1S/C10H13NO2/c1-2-13-10(12)9(11)7-4-3-6-5-8(6)7/h4,6,8,11H,2-3,5H2,1H3. The molecule has 3 nitrogen and oxygen atoms in total. The number of hydrogen-bond acceptors (Lipinski definition) is 3. The molecule has 0 heterocycles. The van der Waals surface area contributed by atoms with E-state index in [1.54, 1.807) is 6.92 Å². The van der Waals surface area contributed by atoms with Crippen molar-refractivity contribution in [2.24, 2.45) is 11.8 Å². The Morgan fingerprint density at radius 3 is 3.00 bits per heavy atom. The molecule has 0 amide bonds. The van der Waals surface area contributed by atoms with Gasteiger partial charge in [0.2, 0.25) is 0 Å². The van der Waals surface area contributed by atoms with E-state index in [0.717, 1.165) is 24.3 Å². The summed E-state index contributed by atoms with van der Waals surface area (Å²) < 4.78 is 4.78.